The fraction of sp³-hybridized carbons (Fsp3) is 0.278. The number of hydrogen-bond acceptors (Lipinski definition) is 4. The van der Waals surface area contributed by atoms with Gasteiger partial charge in [-0.3, -0.25) is 0 Å². The molecule has 3 rings (SSSR count). The van der Waals surface area contributed by atoms with Gasteiger partial charge in [0.15, 0.2) is 5.96 Å². The van der Waals surface area contributed by atoms with Gasteiger partial charge in [0.05, 0.1) is 12.8 Å². The maximum absolute atomic E-state index is 5.37. The molecule has 3 heterocycles. The molecule has 0 aromatic carbocycles. The fourth-order valence-electron chi connectivity index (χ4n) is 2.25. The van der Waals surface area contributed by atoms with E-state index in [1.165, 1.54) is 9.75 Å². The summed E-state index contributed by atoms with van der Waals surface area (Å²) in [6, 6.07) is 12.3. The van der Waals surface area contributed by atoms with Crippen molar-refractivity contribution in [3.05, 3.63) is 68.9 Å². The summed E-state index contributed by atoms with van der Waals surface area (Å²) in [6.45, 7) is 2.37. The predicted molar refractivity (Wildman–Crippen MR) is 102 cm³/mol. The van der Waals surface area contributed by atoms with Crippen molar-refractivity contribution in [2.45, 2.75) is 19.4 Å². The normalized spacial score (nSPS) is 11.6. The van der Waals surface area contributed by atoms with E-state index in [2.05, 4.69) is 50.7 Å². The first kappa shape index (κ1) is 16.8. The van der Waals surface area contributed by atoms with Crippen LogP contribution in [-0.2, 0) is 19.4 Å². The molecule has 0 aliphatic carbocycles. The summed E-state index contributed by atoms with van der Waals surface area (Å²) in [5, 5.41) is 11.0. The van der Waals surface area contributed by atoms with Crippen molar-refractivity contribution in [2.75, 3.05) is 13.1 Å². The molecule has 0 spiro atoms. The Morgan fingerprint density at radius 3 is 2.33 bits per heavy atom. The number of guanidine groups is 1. The maximum atomic E-state index is 5.37. The van der Waals surface area contributed by atoms with Crippen LogP contribution in [0.5, 0.6) is 0 Å². The van der Waals surface area contributed by atoms with E-state index in [4.69, 9.17) is 4.42 Å². The second kappa shape index (κ2) is 9.30. The van der Waals surface area contributed by atoms with E-state index >= 15 is 0 Å². The van der Waals surface area contributed by atoms with Gasteiger partial charge >= 0.3 is 0 Å². The Morgan fingerprint density at radius 2 is 1.67 bits per heavy atom. The molecule has 6 heteroatoms. The maximum Gasteiger partial charge on any atom is 0.191 e. The van der Waals surface area contributed by atoms with Crippen LogP contribution in [-0.4, -0.2) is 19.0 Å². The van der Waals surface area contributed by atoms with E-state index in [0.29, 0.717) is 6.54 Å². The van der Waals surface area contributed by atoms with Gasteiger partial charge in [0.25, 0.3) is 0 Å². The third kappa shape index (κ3) is 5.54. The van der Waals surface area contributed by atoms with Gasteiger partial charge in [-0.15, -0.1) is 22.7 Å². The highest BCUT2D eigenvalue weighted by Gasteiger charge is 2.02. The summed E-state index contributed by atoms with van der Waals surface area (Å²) >= 11 is 3.52. The third-order valence-corrected chi connectivity index (χ3v) is 5.26. The van der Waals surface area contributed by atoms with Gasteiger partial charge in [0, 0.05) is 29.3 Å². The molecular weight excluding hydrogens is 338 g/mol. The average Bonchev–Trinajstić information content (AvgIpc) is 3.34. The van der Waals surface area contributed by atoms with Gasteiger partial charge in [-0.25, -0.2) is 4.99 Å². The molecule has 4 nitrogen and oxygen atoms in total. The first-order valence-electron chi connectivity index (χ1n) is 7.99. The topological polar surface area (TPSA) is 49.6 Å². The molecule has 0 saturated heterocycles. The van der Waals surface area contributed by atoms with E-state index in [1.807, 2.05) is 12.1 Å². The minimum atomic E-state index is 0.701. The zero-order valence-corrected chi connectivity index (χ0v) is 15.0. The lowest BCUT2D eigenvalue weighted by atomic mass is 10.3. The van der Waals surface area contributed by atoms with E-state index in [1.54, 1.807) is 28.9 Å². The monoisotopic (exact) mass is 359 g/mol. The van der Waals surface area contributed by atoms with Gasteiger partial charge in [0.2, 0.25) is 0 Å². The molecule has 0 bridgehead atoms. The molecular formula is C18H21N3OS2. The molecule has 24 heavy (non-hydrogen) atoms. The van der Waals surface area contributed by atoms with E-state index < -0.39 is 0 Å². The number of nitrogens with zero attached hydrogens (tertiary/aromatic N) is 1. The lowest BCUT2D eigenvalue weighted by Gasteiger charge is -2.11. The first-order valence-corrected chi connectivity index (χ1v) is 9.75. The quantitative estimate of drug-likeness (QED) is 0.473. The highest BCUT2D eigenvalue weighted by Crippen LogP contribution is 2.10. The zero-order chi connectivity index (χ0) is 16.5. The highest BCUT2D eigenvalue weighted by molar-refractivity contribution is 7.10. The second-order valence-corrected chi connectivity index (χ2v) is 7.32. The molecule has 0 fully saturated rings. The molecule has 0 atom stereocenters. The number of aliphatic imine (C=N–C) groups is 1. The smallest absolute Gasteiger partial charge is 0.191 e. The van der Waals surface area contributed by atoms with Gasteiger partial charge in [-0.1, -0.05) is 12.1 Å². The van der Waals surface area contributed by atoms with Gasteiger partial charge < -0.3 is 15.1 Å². The first-order chi connectivity index (χ1) is 11.9. The molecule has 0 aliphatic rings. The van der Waals surface area contributed by atoms with Crippen LogP contribution in [0.3, 0.4) is 0 Å². The molecule has 126 valence electrons. The number of nitrogens with one attached hydrogen (secondary N) is 2. The number of hydrogen-bond donors (Lipinski definition) is 2. The molecule has 3 aromatic heterocycles. The van der Waals surface area contributed by atoms with Gasteiger partial charge in [-0.2, -0.15) is 0 Å². The lowest BCUT2D eigenvalue weighted by molar-refractivity contribution is 0.506. The van der Waals surface area contributed by atoms with Crippen molar-refractivity contribution in [3.8, 4) is 0 Å². The van der Waals surface area contributed by atoms with Crippen LogP contribution in [0.25, 0.3) is 0 Å². The number of thiophene rings is 2. The Kier molecular flexibility index (Phi) is 6.51. The number of furan rings is 1. The molecule has 0 saturated carbocycles. The Bertz CT molecular complexity index is 661. The number of rotatable bonds is 8. The molecule has 0 radical (unpaired) electrons. The molecule has 0 unspecified atom stereocenters. The van der Waals surface area contributed by atoms with Crippen LogP contribution in [0, 0.1) is 0 Å². The van der Waals surface area contributed by atoms with Crippen molar-refractivity contribution in [1.29, 1.82) is 0 Å². The predicted octanol–water partition coefficient (Wildman–Crippen LogP) is 3.92. The molecule has 2 N–H and O–H groups in total. The van der Waals surface area contributed by atoms with Crippen molar-refractivity contribution in [1.82, 2.24) is 10.6 Å². The Balaban J connectivity index is 1.49. The van der Waals surface area contributed by atoms with Crippen molar-refractivity contribution in [2.24, 2.45) is 4.99 Å². The Labute approximate surface area is 150 Å². The second-order valence-electron chi connectivity index (χ2n) is 5.26. The average molecular weight is 360 g/mol. The molecule has 0 aliphatic heterocycles. The van der Waals surface area contributed by atoms with Crippen molar-refractivity contribution < 1.29 is 4.42 Å². The summed E-state index contributed by atoms with van der Waals surface area (Å²) in [6.07, 6.45) is 3.56. The summed E-state index contributed by atoms with van der Waals surface area (Å²) in [7, 11) is 0. The summed E-state index contributed by atoms with van der Waals surface area (Å²) in [4.78, 5) is 7.33. The van der Waals surface area contributed by atoms with Crippen LogP contribution in [0.1, 0.15) is 15.5 Å². The zero-order valence-electron chi connectivity index (χ0n) is 13.4. The minimum absolute atomic E-state index is 0.701. The summed E-state index contributed by atoms with van der Waals surface area (Å²) in [5.74, 6) is 1.84. The highest BCUT2D eigenvalue weighted by atomic mass is 32.1. The largest absolute Gasteiger partial charge is 0.469 e. The summed E-state index contributed by atoms with van der Waals surface area (Å²) in [5.41, 5.74) is 0. The Hall–Kier alpha value is -2.05. The van der Waals surface area contributed by atoms with Crippen LogP contribution >= 0.6 is 22.7 Å². The van der Waals surface area contributed by atoms with Crippen LogP contribution in [0.2, 0.25) is 0 Å². The van der Waals surface area contributed by atoms with Crippen LogP contribution in [0.4, 0.5) is 0 Å². The van der Waals surface area contributed by atoms with Crippen molar-refractivity contribution >= 4 is 28.6 Å². The van der Waals surface area contributed by atoms with Gasteiger partial charge in [-0.05, 0) is 41.4 Å². The van der Waals surface area contributed by atoms with Crippen LogP contribution in [0.15, 0.2) is 62.8 Å². The molecule has 0 amide bonds. The summed E-state index contributed by atoms with van der Waals surface area (Å²) < 4.78 is 5.37. The van der Waals surface area contributed by atoms with E-state index in [0.717, 1.165) is 37.7 Å². The SMILES string of the molecule is c1coc(CCNC(=NCc2cccs2)NCCc2cccs2)c1. The molecule has 3 aromatic rings. The van der Waals surface area contributed by atoms with Crippen molar-refractivity contribution in [3.63, 3.8) is 0 Å². The fourth-order valence-corrected chi connectivity index (χ4v) is 3.59. The van der Waals surface area contributed by atoms with Gasteiger partial charge in [0.1, 0.15) is 5.76 Å². The van der Waals surface area contributed by atoms with E-state index in [-0.39, 0.29) is 0 Å². The third-order valence-electron chi connectivity index (χ3n) is 3.46. The Morgan fingerprint density at radius 1 is 0.917 bits per heavy atom. The van der Waals surface area contributed by atoms with E-state index in [9.17, 15) is 0 Å². The minimum Gasteiger partial charge on any atom is -0.469 e. The lowest BCUT2D eigenvalue weighted by Crippen LogP contribution is -2.39. The van der Waals surface area contributed by atoms with Crippen LogP contribution < -0.4 is 10.6 Å². The standard InChI is InChI=1S/C18H21N3OS2/c1-4-15(22-11-1)7-9-19-18(21-14-17-6-3-13-24-17)20-10-8-16-5-2-12-23-16/h1-6,11-13H,7-10,14H2,(H2,19,20,21).